The number of rotatable bonds is 3. The zero-order chi connectivity index (χ0) is 12.3. The molecule has 17 heavy (non-hydrogen) atoms. The summed E-state index contributed by atoms with van der Waals surface area (Å²) in [5.41, 5.74) is 2.70. The summed E-state index contributed by atoms with van der Waals surface area (Å²) < 4.78 is 0. The van der Waals surface area contributed by atoms with E-state index in [0.29, 0.717) is 0 Å². The number of hydrogen-bond donors (Lipinski definition) is 1. The Balaban J connectivity index is 1.97. The van der Waals surface area contributed by atoms with Gasteiger partial charge in [0.1, 0.15) is 0 Å². The Labute approximate surface area is 104 Å². The monoisotopic (exact) mass is 233 g/mol. The third-order valence-corrected chi connectivity index (χ3v) is 3.70. The summed E-state index contributed by atoms with van der Waals surface area (Å²) in [6, 6.07) is 8.82. The minimum Gasteiger partial charge on any atom is -0.393 e. The van der Waals surface area contributed by atoms with Gasteiger partial charge in [-0.15, -0.1) is 0 Å². The van der Waals surface area contributed by atoms with E-state index in [1.807, 2.05) is 6.92 Å². The van der Waals surface area contributed by atoms with E-state index in [-0.39, 0.29) is 6.10 Å². The molecule has 0 amide bonds. The Morgan fingerprint density at radius 3 is 2.35 bits per heavy atom. The molecule has 1 saturated heterocycles. The smallest absolute Gasteiger partial charge is 0.0552 e. The van der Waals surface area contributed by atoms with E-state index < -0.39 is 0 Å². The van der Waals surface area contributed by atoms with Crippen LogP contribution in [-0.2, 0) is 6.42 Å². The van der Waals surface area contributed by atoms with Crippen LogP contribution in [0, 0.1) is 0 Å². The lowest BCUT2D eigenvalue weighted by Gasteiger charge is -2.29. The molecule has 1 aliphatic rings. The minimum absolute atomic E-state index is 0.246. The van der Waals surface area contributed by atoms with Gasteiger partial charge in [0, 0.05) is 0 Å². The van der Waals surface area contributed by atoms with Crippen LogP contribution in [0.4, 0.5) is 0 Å². The van der Waals surface area contributed by atoms with Crippen LogP contribution in [0.3, 0.4) is 0 Å². The van der Waals surface area contributed by atoms with Crippen molar-refractivity contribution in [2.24, 2.45) is 0 Å². The van der Waals surface area contributed by atoms with E-state index >= 15 is 0 Å². The van der Waals surface area contributed by atoms with Crippen molar-refractivity contribution in [2.45, 2.75) is 38.2 Å². The van der Waals surface area contributed by atoms with Gasteiger partial charge in [0.2, 0.25) is 0 Å². The molecule has 1 unspecified atom stereocenters. The second kappa shape index (κ2) is 5.65. The highest BCUT2D eigenvalue weighted by Gasteiger charge is 2.17. The predicted octanol–water partition coefficient (Wildman–Crippen LogP) is 2.42. The fraction of sp³-hybridized carbons (Fsp3) is 0.600. The van der Waals surface area contributed by atoms with Crippen molar-refractivity contribution in [3.05, 3.63) is 35.4 Å². The molecular weight excluding hydrogens is 210 g/mol. The van der Waals surface area contributed by atoms with Crippen molar-refractivity contribution in [3.63, 3.8) is 0 Å². The molecule has 1 aromatic rings. The number of aliphatic hydroxyl groups is 1. The van der Waals surface area contributed by atoms with Crippen LogP contribution in [0.15, 0.2) is 24.3 Å². The van der Waals surface area contributed by atoms with Gasteiger partial charge in [0.05, 0.1) is 6.10 Å². The Hall–Kier alpha value is -0.860. The Bertz CT molecular complexity index is 336. The average molecular weight is 233 g/mol. The van der Waals surface area contributed by atoms with Crippen molar-refractivity contribution >= 4 is 0 Å². The summed E-state index contributed by atoms with van der Waals surface area (Å²) in [7, 11) is 2.20. The molecule has 1 atom stereocenters. The molecule has 2 rings (SSSR count). The van der Waals surface area contributed by atoms with Crippen molar-refractivity contribution in [3.8, 4) is 0 Å². The molecule has 1 aromatic carbocycles. The molecule has 0 radical (unpaired) electrons. The molecule has 94 valence electrons. The van der Waals surface area contributed by atoms with Crippen LogP contribution in [0.1, 0.15) is 36.8 Å². The molecule has 0 aliphatic carbocycles. The highest BCUT2D eigenvalue weighted by atomic mass is 16.3. The van der Waals surface area contributed by atoms with Gasteiger partial charge < -0.3 is 10.0 Å². The summed E-state index contributed by atoms with van der Waals surface area (Å²) in [6.45, 7) is 4.26. The first kappa shape index (κ1) is 12.6. The van der Waals surface area contributed by atoms with E-state index in [1.54, 1.807) is 0 Å². The molecule has 1 fully saturated rings. The maximum absolute atomic E-state index is 9.35. The normalized spacial score (nSPS) is 20.4. The van der Waals surface area contributed by atoms with Crippen LogP contribution < -0.4 is 0 Å². The zero-order valence-electron chi connectivity index (χ0n) is 10.9. The summed E-state index contributed by atoms with van der Waals surface area (Å²) in [4.78, 5) is 2.40. The van der Waals surface area contributed by atoms with Gasteiger partial charge in [-0.05, 0) is 63.4 Å². The lowest BCUT2D eigenvalue weighted by molar-refractivity contribution is 0.195. The van der Waals surface area contributed by atoms with Gasteiger partial charge in [0.15, 0.2) is 0 Å². The minimum atomic E-state index is -0.246. The van der Waals surface area contributed by atoms with Crippen molar-refractivity contribution < 1.29 is 5.11 Å². The first-order valence-corrected chi connectivity index (χ1v) is 6.60. The van der Waals surface area contributed by atoms with Crippen molar-refractivity contribution in [2.75, 3.05) is 20.1 Å². The molecule has 2 heteroatoms. The highest BCUT2D eigenvalue weighted by molar-refractivity contribution is 5.26. The van der Waals surface area contributed by atoms with E-state index in [4.69, 9.17) is 0 Å². The second-order valence-electron chi connectivity index (χ2n) is 5.37. The van der Waals surface area contributed by atoms with Crippen LogP contribution >= 0.6 is 0 Å². The predicted molar refractivity (Wildman–Crippen MR) is 71.3 cm³/mol. The van der Waals surface area contributed by atoms with Crippen molar-refractivity contribution in [1.29, 1.82) is 0 Å². The summed E-state index contributed by atoms with van der Waals surface area (Å²) in [5.74, 6) is 0.729. The second-order valence-corrected chi connectivity index (χ2v) is 5.37. The number of hydrogen-bond acceptors (Lipinski definition) is 2. The maximum atomic E-state index is 9.35. The molecule has 2 nitrogen and oxygen atoms in total. The molecule has 0 aromatic heterocycles. The molecular formula is C15H23NO. The third kappa shape index (κ3) is 3.55. The fourth-order valence-corrected chi connectivity index (χ4v) is 2.61. The van der Waals surface area contributed by atoms with Gasteiger partial charge in [-0.1, -0.05) is 24.3 Å². The first-order chi connectivity index (χ1) is 8.15. The quantitative estimate of drug-likeness (QED) is 0.866. The Morgan fingerprint density at radius 2 is 1.82 bits per heavy atom. The largest absolute Gasteiger partial charge is 0.393 e. The van der Waals surface area contributed by atoms with Gasteiger partial charge in [0.25, 0.3) is 0 Å². The fourth-order valence-electron chi connectivity index (χ4n) is 2.61. The topological polar surface area (TPSA) is 23.5 Å². The maximum Gasteiger partial charge on any atom is 0.0552 e. The third-order valence-electron chi connectivity index (χ3n) is 3.70. The number of benzene rings is 1. The van der Waals surface area contributed by atoms with Crippen LogP contribution in [0.2, 0.25) is 0 Å². The summed E-state index contributed by atoms with van der Waals surface area (Å²) in [5, 5.41) is 9.35. The number of likely N-dealkylation sites (tertiary alicyclic amines) is 1. The molecule has 1 N–H and O–H groups in total. The molecule has 0 spiro atoms. The number of nitrogens with zero attached hydrogens (tertiary/aromatic N) is 1. The van der Waals surface area contributed by atoms with E-state index in [1.165, 1.54) is 37.1 Å². The molecule has 1 aliphatic heterocycles. The van der Waals surface area contributed by atoms with E-state index in [0.717, 1.165) is 12.3 Å². The molecule has 0 bridgehead atoms. The molecule has 0 saturated carbocycles. The van der Waals surface area contributed by atoms with Crippen LogP contribution in [-0.4, -0.2) is 36.2 Å². The average Bonchev–Trinajstić information content (AvgIpc) is 2.30. The Kier molecular flexibility index (Phi) is 4.19. The van der Waals surface area contributed by atoms with Gasteiger partial charge >= 0.3 is 0 Å². The number of piperidine rings is 1. The van der Waals surface area contributed by atoms with E-state index in [9.17, 15) is 5.11 Å². The Morgan fingerprint density at radius 1 is 1.24 bits per heavy atom. The van der Waals surface area contributed by atoms with Crippen LogP contribution in [0.25, 0.3) is 0 Å². The SMILES string of the molecule is CC(O)Cc1ccc(C2CCN(C)CC2)cc1. The first-order valence-electron chi connectivity index (χ1n) is 6.60. The lowest BCUT2D eigenvalue weighted by Crippen LogP contribution is -2.29. The van der Waals surface area contributed by atoms with Gasteiger partial charge in [-0.3, -0.25) is 0 Å². The van der Waals surface area contributed by atoms with Gasteiger partial charge in [-0.25, -0.2) is 0 Å². The van der Waals surface area contributed by atoms with Crippen molar-refractivity contribution in [1.82, 2.24) is 4.90 Å². The summed E-state index contributed by atoms with van der Waals surface area (Å²) >= 11 is 0. The number of aliphatic hydroxyl groups excluding tert-OH is 1. The zero-order valence-corrected chi connectivity index (χ0v) is 10.9. The van der Waals surface area contributed by atoms with Gasteiger partial charge in [-0.2, -0.15) is 0 Å². The molecule has 1 heterocycles. The lowest BCUT2D eigenvalue weighted by atomic mass is 9.89. The van der Waals surface area contributed by atoms with Crippen LogP contribution in [0.5, 0.6) is 0 Å². The van der Waals surface area contributed by atoms with E-state index in [2.05, 4.69) is 36.2 Å². The summed E-state index contributed by atoms with van der Waals surface area (Å²) in [6.07, 6.45) is 3.05. The standard InChI is InChI=1S/C15H23NO/c1-12(17)11-13-3-5-14(6-4-13)15-7-9-16(2)10-8-15/h3-6,12,15,17H,7-11H2,1-2H3. The highest BCUT2D eigenvalue weighted by Crippen LogP contribution is 2.27.